The highest BCUT2D eigenvalue weighted by Crippen LogP contribution is 2.40. The van der Waals surface area contributed by atoms with E-state index in [1.807, 2.05) is 0 Å². The fourth-order valence-electron chi connectivity index (χ4n) is 3.64. The maximum Gasteiger partial charge on any atom is 0.433 e. The third-order valence-electron chi connectivity index (χ3n) is 5.43. The number of nitrogens with zero attached hydrogens (tertiary/aromatic N) is 2. The summed E-state index contributed by atoms with van der Waals surface area (Å²) in [6.45, 7) is 2.15. The highest BCUT2D eigenvalue weighted by atomic mass is 19.4. The van der Waals surface area contributed by atoms with Crippen molar-refractivity contribution >= 4 is 0 Å². The van der Waals surface area contributed by atoms with Gasteiger partial charge in [0.05, 0.1) is 19.3 Å². The number of aliphatic hydroxyl groups is 4. The van der Waals surface area contributed by atoms with E-state index in [9.17, 15) is 38.0 Å². The zero-order valence-electron chi connectivity index (χ0n) is 18.5. The number of aromatic nitrogens is 2. The van der Waals surface area contributed by atoms with Crippen LogP contribution >= 0.6 is 0 Å². The first-order valence-corrected chi connectivity index (χ1v) is 10.4. The SMILES string of the molecule is COc1ccc(Cc2c(O[C@@H]3OC(CO)[C@@H](O)[C@H](O)[C@H]3O)nn(C(C)C)c2C(F)(F)F)c(F)c1. The zero-order valence-corrected chi connectivity index (χ0v) is 18.5. The van der Waals surface area contributed by atoms with Crippen LogP contribution in [0.2, 0.25) is 0 Å². The molecule has 3 rings (SSSR count). The molecule has 0 bridgehead atoms. The lowest BCUT2D eigenvalue weighted by molar-refractivity contribution is -0.278. The summed E-state index contributed by atoms with van der Waals surface area (Å²) in [4.78, 5) is 0. The summed E-state index contributed by atoms with van der Waals surface area (Å²) in [6, 6.07) is 2.89. The van der Waals surface area contributed by atoms with Gasteiger partial charge in [-0.25, -0.2) is 4.39 Å². The number of halogens is 4. The predicted octanol–water partition coefficient (Wildman–Crippen LogP) is 1.40. The summed E-state index contributed by atoms with van der Waals surface area (Å²) in [5.74, 6) is -1.25. The molecule has 34 heavy (non-hydrogen) atoms. The molecule has 0 saturated carbocycles. The van der Waals surface area contributed by atoms with Crippen LogP contribution in [0.3, 0.4) is 0 Å². The van der Waals surface area contributed by atoms with Crippen molar-refractivity contribution in [2.75, 3.05) is 13.7 Å². The molecule has 13 heteroatoms. The lowest BCUT2D eigenvalue weighted by atomic mass is 9.99. The molecular weight excluding hydrogens is 468 g/mol. The lowest BCUT2D eigenvalue weighted by Gasteiger charge is -2.39. The summed E-state index contributed by atoms with van der Waals surface area (Å²) in [6.07, 6.45) is -14.0. The Morgan fingerprint density at radius 3 is 2.35 bits per heavy atom. The van der Waals surface area contributed by atoms with Gasteiger partial charge in [0.1, 0.15) is 41.7 Å². The van der Waals surface area contributed by atoms with Crippen molar-refractivity contribution < 1.29 is 52.2 Å². The molecule has 0 spiro atoms. The average Bonchev–Trinajstić information content (AvgIpc) is 3.14. The molecule has 0 aliphatic carbocycles. The maximum absolute atomic E-state index is 14.6. The molecule has 1 unspecified atom stereocenters. The third-order valence-corrected chi connectivity index (χ3v) is 5.43. The Labute approximate surface area is 192 Å². The van der Waals surface area contributed by atoms with Crippen molar-refractivity contribution in [3.8, 4) is 11.6 Å². The number of rotatable bonds is 7. The normalized spacial score (nSPS) is 25.6. The van der Waals surface area contributed by atoms with Gasteiger partial charge < -0.3 is 34.6 Å². The van der Waals surface area contributed by atoms with E-state index in [1.165, 1.54) is 33.1 Å². The molecule has 0 amide bonds. The van der Waals surface area contributed by atoms with Crippen LogP contribution in [0, 0.1) is 5.82 Å². The van der Waals surface area contributed by atoms with Crippen LogP contribution < -0.4 is 9.47 Å². The van der Waals surface area contributed by atoms with E-state index >= 15 is 0 Å². The predicted molar refractivity (Wildman–Crippen MR) is 108 cm³/mol. The molecule has 1 aromatic carbocycles. The molecule has 4 N–H and O–H groups in total. The van der Waals surface area contributed by atoms with Crippen molar-refractivity contribution in [2.45, 2.75) is 63.2 Å². The van der Waals surface area contributed by atoms with Crippen molar-refractivity contribution in [1.29, 1.82) is 0 Å². The fourth-order valence-corrected chi connectivity index (χ4v) is 3.64. The largest absolute Gasteiger partial charge is 0.497 e. The first kappa shape index (κ1) is 26.2. The quantitative estimate of drug-likeness (QED) is 0.426. The van der Waals surface area contributed by atoms with E-state index in [0.717, 1.165) is 6.07 Å². The molecular formula is C21H26F4N2O7. The molecule has 1 aliphatic rings. The van der Waals surface area contributed by atoms with E-state index in [-0.39, 0.29) is 11.3 Å². The van der Waals surface area contributed by atoms with Gasteiger partial charge in [0.2, 0.25) is 12.2 Å². The Balaban J connectivity index is 2.08. The minimum atomic E-state index is -4.90. The van der Waals surface area contributed by atoms with Crippen molar-refractivity contribution in [3.63, 3.8) is 0 Å². The average molecular weight is 494 g/mol. The standard InChI is InChI=1S/C21H26F4N2O7/c1-9(2)27-18(21(23,24)25)12(6-10-4-5-11(32-3)7-13(10)22)19(26-27)34-20-17(31)16(30)15(29)14(8-28)33-20/h4-5,7,9,14-17,20,28-31H,6,8H2,1-3H3/t14?,15-,16+,17-,20+/m1/s1. The second-order valence-corrected chi connectivity index (χ2v) is 8.12. The molecule has 1 aliphatic heterocycles. The summed E-state index contributed by atoms with van der Waals surface area (Å²) >= 11 is 0. The van der Waals surface area contributed by atoms with Crippen LogP contribution in [0.5, 0.6) is 11.6 Å². The van der Waals surface area contributed by atoms with Crippen LogP contribution in [0.1, 0.15) is 36.7 Å². The van der Waals surface area contributed by atoms with Crippen LogP contribution in [0.15, 0.2) is 18.2 Å². The number of alkyl halides is 3. The maximum atomic E-state index is 14.6. The summed E-state index contributed by atoms with van der Waals surface area (Å²) in [7, 11) is 1.31. The number of methoxy groups -OCH3 is 1. The van der Waals surface area contributed by atoms with Gasteiger partial charge in [-0.3, -0.25) is 4.68 Å². The first-order valence-electron chi connectivity index (χ1n) is 10.4. The molecule has 1 aromatic heterocycles. The van der Waals surface area contributed by atoms with Crippen LogP contribution in [-0.4, -0.2) is 74.6 Å². The van der Waals surface area contributed by atoms with Crippen molar-refractivity contribution in [2.24, 2.45) is 0 Å². The van der Waals surface area contributed by atoms with Crippen LogP contribution in [0.25, 0.3) is 0 Å². The number of ether oxygens (including phenoxy) is 3. The second kappa shape index (κ2) is 10.0. The first-order chi connectivity index (χ1) is 15.9. The Morgan fingerprint density at radius 2 is 1.82 bits per heavy atom. The van der Waals surface area contributed by atoms with Gasteiger partial charge in [-0.1, -0.05) is 6.07 Å². The summed E-state index contributed by atoms with van der Waals surface area (Å²) in [5.41, 5.74) is -1.81. The number of aliphatic hydroxyl groups excluding tert-OH is 4. The van der Waals surface area contributed by atoms with Gasteiger partial charge in [0.15, 0.2) is 0 Å². The summed E-state index contributed by atoms with van der Waals surface area (Å²) < 4.78 is 73.1. The number of hydrogen-bond donors (Lipinski definition) is 4. The van der Waals surface area contributed by atoms with Gasteiger partial charge in [-0.15, -0.1) is 5.10 Å². The Bertz CT molecular complexity index is 996. The molecule has 2 heterocycles. The molecule has 5 atom stereocenters. The zero-order chi connectivity index (χ0) is 25.4. The van der Waals surface area contributed by atoms with Crippen LogP contribution in [-0.2, 0) is 17.3 Å². The van der Waals surface area contributed by atoms with E-state index in [2.05, 4.69) is 5.10 Å². The van der Waals surface area contributed by atoms with E-state index in [4.69, 9.17) is 14.2 Å². The topological polar surface area (TPSA) is 126 Å². The highest BCUT2D eigenvalue weighted by molar-refractivity contribution is 5.40. The molecule has 1 saturated heterocycles. The van der Waals surface area contributed by atoms with Gasteiger partial charge in [0, 0.05) is 18.5 Å². The summed E-state index contributed by atoms with van der Waals surface area (Å²) in [5, 5.41) is 43.4. The fraction of sp³-hybridized carbons (Fsp3) is 0.571. The van der Waals surface area contributed by atoms with Gasteiger partial charge >= 0.3 is 6.18 Å². The molecule has 9 nitrogen and oxygen atoms in total. The smallest absolute Gasteiger partial charge is 0.433 e. The molecule has 2 aromatic rings. The Morgan fingerprint density at radius 1 is 1.15 bits per heavy atom. The van der Waals surface area contributed by atoms with Crippen molar-refractivity contribution in [3.05, 3.63) is 40.8 Å². The van der Waals surface area contributed by atoms with E-state index in [0.29, 0.717) is 4.68 Å². The molecule has 1 fully saturated rings. The van der Waals surface area contributed by atoms with E-state index < -0.39 is 78.9 Å². The van der Waals surface area contributed by atoms with Crippen LogP contribution in [0.4, 0.5) is 17.6 Å². The highest BCUT2D eigenvalue weighted by Gasteiger charge is 2.47. The number of hydrogen-bond acceptors (Lipinski definition) is 8. The van der Waals surface area contributed by atoms with E-state index in [1.54, 1.807) is 0 Å². The molecule has 190 valence electrons. The Kier molecular flexibility index (Phi) is 7.72. The molecule has 0 radical (unpaired) electrons. The van der Waals surface area contributed by atoms with Gasteiger partial charge in [0.25, 0.3) is 0 Å². The van der Waals surface area contributed by atoms with Gasteiger partial charge in [-0.05, 0) is 25.5 Å². The minimum absolute atomic E-state index is 0.103. The second-order valence-electron chi connectivity index (χ2n) is 8.12. The lowest BCUT2D eigenvalue weighted by Crippen LogP contribution is -2.60. The third kappa shape index (κ3) is 5.13. The Hall–Kier alpha value is -2.45. The number of benzene rings is 1. The van der Waals surface area contributed by atoms with Gasteiger partial charge in [-0.2, -0.15) is 13.2 Å². The minimum Gasteiger partial charge on any atom is -0.497 e. The monoisotopic (exact) mass is 494 g/mol. The van der Waals surface area contributed by atoms with Crippen molar-refractivity contribution in [1.82, 2.24) is 9.78 Å².